The van der Waals surface area contributed by atoms with Crippen molar-refractivity contribution in [1.29, 1.82) is 0 Å². The van der Waals surface area contributed by atoms with E-state index < -0.39 is 11.7 Å². The van der Waals surface area contributed by atoms with Gasteiger partial charge in [-0.05, 0) is 67.1 Å². The van der Waals surface area contributed by atoms with Gasteiger partial charge < -0.3 is 10.2 Å². The Balaban J connectivity index is 1.13. The van der Waals surface area contributed by atoms with Gasteiger partial charge in [0.05, 0.1) is 16.2 Å². The number of halogens is 4. The van der Waals surface area contributed by atoms with Crippen LogP contribution in [0.25, 0.3) is 6.08 Å². The molecule has 2 aliphatic rings. The number of nitrogens with one attached hydrogen (secondary N) is 1. The van der Waals surface area contributed by atoms with Crippen LogP contribution in [0.3, 0.4) is 0 Å². The third-order valence-electron chi connectivity index (χ3n) is 7.19. The lowest BCUT2D eigenvalue weighted by atomic mass is 10.1. The summed E-state index contributed by atoms with van der Waals surface area (Å²) in [4.78, 5) is 33.5. The summed E-state index contributed by atoms with van der Waals surface area (Å²) < 4.78 is 38.8. The molecule has 0 saturated carbocycles. The fourth-order valence-corrected chi connectivity index (χ4v) is 6.21. The van der Waals surface area contributed by atoms with Crippen molar-refractivity contribution >= 4 is 52.6 Å². The molecule has 1 fully saturated rings. The molecule has 5 rings (SSSR count). The van der Waals surface area contributed by atoms with E-state index in [1.807, 2.05) is 30.3 Å². The number of carbonyl (C=O) groups is 2. The van der Waals surface area contributed by atoms with Gasteiger partial charge in [-0.3, -0.25) is 19.4 Å². The molecular weight excluding hydrogens is 585 g/mol. The topological polar surface area (TPSA) is 55.9 Å². The van der Waals surface area contributed by atoms with Crippen LogP contribution in [0.5, 0.6) is 0 Å². The van der Waals surface area contributed by atoms with Crippen molar-refractivity contribution in [1.82, 2.24) is 10.2 Å². The maximum Gasteiger partial charge on any atom is 0.416 e. The van der Waals surface area contributed by atoms with Crippen LogP contribution in [0, 0.1) is 0 Å². The molecule has 11 heteroatoms. The van der Waals surface area contributed by atoms with E-state index in [1.54, 1.807) is 18.2 Å². The highest BCUT2D eigenvalue weighted by Crippen LogP contribution is 2.42. The van der Waals surface area contributed by atoms with Gasteiger partial charge in [0, 0.05) is 48.3 Å². The van der Waals surface area contributed by atoms with Gasteiger partial charge in [-0.2, -0.15) is 13.2 Å². The number of para-hydroxylation sites is 1. The number of alkyl halides is 3. The molecule has 0 atom stereocenters. The fourth-order valence-electron chi connectivity index (χ4n) is 4.97. The van der Waals surface area contributed by atoms with Crippen LogP contribution in [0.15, 0.2) is 82.6 Å². The summed E-state index contributed by atoms with van der Waals surface area (Å²) in [5.41, 5.74) is 1.47. The minimum Gasteiger partial charge on any atom is -0.369 e. The highest BCUT2D eigenvalue weighted by atomic mass is 35.5. The molecule has 2 aliphatic heterocycles. The monoisotopic (exact) mass is 614 g/mol. The number of carbonyl (C=O) groups excluding carboxylic acids is 2. The lowest BCUT2D eigenvalue weighted by Crippen LogP contribution is -2.47. The third-order valence-corrected chi connectivity index (χ3v) is 8.50. The van der Waals surface area contributed by atoms with Crippen LogP contribution in [-0.2, 0) is 15.8 Å². The number of fused-ring (bicyclic) bond motifs is 1. The van der Waals surface area contributed by atoms with E-state index in [0.717, 1.165) is 66.9 Å². The molecule has 42 heavy (non-hydrogen) atoms. The zero-order valence-corrected chi connectivity index (χ0v) is 24.3. The van der Waals surface area contributed by atoms with E-state index in [2.05, 4.69) is 21.2 Å². The van der Waals surface area contributed by atoms with Crippen molar-refractivity contribution in [2.45, 2.75) is 17.5 Å². The van der Waals surface area contributed by atoms with Crippen LogP contribution < -0.4 is 15.1 Å². The average molecular weight is 615 g/mol. The molecule has 3 aromatic carbocycles. The Labute approximate surface area is 252 Å². The van der Waals surface area contributed by atoms with Crippen LogP contribution in [0.1, 0.15) is 17.5 Å². The molecule has 0 unspecified atom stereocenters. The SMILES string of the molecule is O=C(CN1C(=O)/C(=C/c2ccc(C(F)(F)F)cc2)Sc2ccccc21)NCCCN1CCN(c2cccc(Cl)c2)CC1. The van der Waals surface area contributed by atoms with E-state index >= 15 is 0 Å². The number of anilines is 2. The first-order valence-corrected chi connectivity index (χ1v) is 14.8. The lowest BCUT2D eigenvalue weighted by molar-refractivity contribution is -0.137. The van der Waals surface area contributed by atoms with E-state index in [9.17, 15) is 22.8 Å². The highest BCUT2D eigenvalue weighted by molar-refractivity contribution is 8.04. The zero-order chi connectivity index (χ0) is 29.7. The van der Waals surface area contributed by atoms with E-state index in [1.165, 1.54) is 28.8 Å². The molecule has 0 bridgehead atoms. The second-order valence-corrected chi connectivity index (χ2v) is 11.6. The molecule has 6 nitrogen and oxygen atoms in total. The van der Waals surface area contributed by atoms with Crippen molar-refractivity contribution in [2.24, 2.45) is 0 Å². The maximum absolute atomic E-state index is 13.4. The molecule has 0 radical (unpaired) electrons. The van der Waals surface area contributed by atoms with Crippen LogP contribution in [0.4, 0.5) is 24.5 Å². The molecule has 0 aliphatic carbocycles. The van der Waals surface area contributed by atoms with E-state index in [4.69, 9.17) is 11.6 Å². The van der Waals surface area contributed by atoms with Gasteiger partial charge in [0.25, 0.3) is 5.91 Å². The normalized spacial score (nSPS) is 17.0. The predicted octanol–water partition coefficient (Wildman–Crippen LogP) is 6.17. The van der Waals surface area contributed by atoms with Crippen molar-refractivity contribution < 1.29 is 22.8 Å². The van der Waals surface area contributed by atoms with Gasteiger partial charge in [-0.15, -0.1) is 0 Å². The van der Waals surface area contributed by atoms with Gasteiger partial charge in [0.15, 0.2) is 0 Å². The number of benzene rings is 3. The van der Waals surface area contributed by atoms with Crippen LogP contribution in [-0.4, -0.2) is 62.5 Å². The first-order chi connectivity index (χ1) is 20.2. The highest BCUT2D eigenvalue weighted by Gasteiger charge is 2.32. The van der Waals surface area contributed by atoms with Crippen LogP contribution >= 0.6 is 23.4 Å². The molecule has 2 amide bonds. The Bertz CT molecular complexity index is 1460. The second-order valence-electron chi connectivity index (χ2n) is 10.1. The molecule has 220 valence electrons. The van der Waals surface area contributed by atoms with E-state index in [-0.39, 0.29) is 18.4 Å². The summed E-state index contributed by atoms with van der Waals surface area (Å²) >= 11 is 7.36. The van der Waals surface area contributed by atoms with Crippen molar-refractivity contribution in [3.8, 4) is 0 Å². The maximum atomic E-state index is 13.4. The summed E-state index contributed by atoms with van der Waals surface area (Å²) in [6, 6.07) is 19.8. The Morgan fingerprint density at radius 3 is 2.43 bits per heavy atom. The number of thioether (sulfide) groups is 1. The molecule has 1 saturated heterocycles. The Morgan fingerprint density at radius 1 is 0.976 bits per heavy atom. The Kier molecular flexibility index (Phi) is 9.45. The molecule has 1 N–H and O–H groups in total. The predicted molar refractivity (Wildman–Crippen MR) is 162 cm³/mol. The molecule has 2 heterocycles. The number of hydrogen-bond donors (Lipinski definition) is 1. The number of piperazine rings is 1. The Morgan fingerprint density at radius 2 is 1.71 bits per heavy atom. The lowest BCUT2D eigenvalue weighted by Gasteiger charge is -2.36. The van der Waals surface area contributed by atoms with Crippen molar-refractivity contribution in [3.05, 3.63) is 93.9 Å². The van der Waals surface area contributed by atoms with Gasteiger partial charge in [-0.1, -0.05) is 53.7 Å². The summed E-state index contributed by atoms with van der Waals surface area (Å²) in [7, 11) is 0. The van der Waals surface area contributed by atoms with Gasteiger partial charge in [0.2, 0.25) is 5.91 Å². The first-order valence-electron chi connectivity index (χ1n) is 13.6. The summed E-state index contributed by atoms with van der Waals surface area (Å²) in [5.74, 6) is -0.643. The van der Waals surface area contributed by atoms with Crippen molar-refractivity contribution in [3.63, 3.8) is 0 Å². The summed E-state index contributed by atoms with van der Waals surface area (Å²) in [6.07, 6.45) is -2.10. The molecule has 0 spiro atoms. The number of rotatable bonds is 8. The van der Waals surface area contributed by atoms with E-state index in [0.29, 0.717) is 22.7 Å². The number of nitrogens with zero attached hydrogens (tertiary/aromatic N) is 3. The van der Waals surface area contributed by atoms with Crippen molar-refractivity contribution in [2.75, 3.05) is 55.6 Å². The second kappa shape index (κ2) is 13.2. The number of amides is 2. The quantitative estimate of drug-likeness (QED) is 0.243. The van der Waals surface area contributed by atoms with Crippen LogP contribution in [0.2, 0.25) is 5.02 Å². The van der Waals surface area contributed by atoms with Gasteiger partial charge in [0.1, 0.15) is 6.54 Å². The minimum atomic E-state index is -4.43. The molecule has 3 aromatic rings. The molecule has 0 aromatic heterocycles. The smallest absolute Gasteiger partial charge is 0.369 e. The largest absolute Gasteiger partial charge is 0.416 e. The fraction of sp³-hybridized carbons (Fsp3) is 0.290. The summed E-state index contributed by atoms with van der Waals surface area (Å²) in [6.45, 7) is 4.84. The van der Waals surface area contributed by atoms with Gasteiger partial charge in [-0.25, -0.2) is 0 Å². The molecular formula is C31H30ClF3N4O2S. The number of hydrogen-bond acceptors (Lipinski definition) is 5. The summed E-state index contributed by atoms with van der Waals surface area (Å²) in [5, 5.41) is 3.66. The van der Waals surface area contributed by atoms with Gasteiger partial charge >= 0.3 is 6.18 Å². The Hall–Kier alpha value is -3.47. The standard InChI is InChI=1S/C31H30ClF3N4O2S/c32-24-5-3-6-25(20-24)38-17-15-37(16-18-38)14-4-13-36-29(40)21-39-26-7-1-2-8-27(26)42-28(30(39)41)19-22-9-11-23(12-10-22)31(33,34)35/h1-3,5-12,19-20H,4,13-18,21H2,(H,36,40)/b28-19-. The average Bonchev–Trinajstić information content (AvgIpc) is 2.97. The third kappa shape index (κ3) is 7.48. The zero-order valence-electron chi connectivity index (χ0n) is 22.7. The first kappa shape index (κ1) is 30.0. The minimum absolute atomic E-state index is 0.154.